The summed E-state index contributed by atoms with van der Waals surface area (Å²) in [7, 11) is 0. The second-order valence-electron chi connectivity index (χ2n) is 7.55. The average molecular weight is 345 g/mol. The Morgan fingerprint density at radius 2 is 2.04 bits per heavy atom. The summed E-state index contributed by atoms with van der Waals surface area (Å²) >= 11 is 0. The number of ether oxygens (including phenoxy) is 2. The van der Waals surface area contributed by atoms with Crippen LogP contribution in [0, 0.1) is 0 Å². The van der Waals surface area contributed by atoms with E-state index >= 15 is 0 Å². The lowest BCUT2D eigenvalue weighted by Gasteiger charge is -2.53. The normalized spacial score (nSPS) is 25.9. The van der Waals surface area contributed by atoms with Gasteiger partial charge >= 0.3 is 0 Å². The van der Waals surface area contributed by atoms with Crippen LogP contribution < -0.4 is 0 Å². The summed E-state index contributed by atoms with van der Waals surface area (Å²) in [4.78, 5) is 20.5. The van der Waals surface area contributed by atoms with Crippen LogP contribution in [-0.4, -0.2) is 71.8 Å². The quantitative estimate of drug-likeness (QED) is 0.809. The van der Waals surface area contributed by atoms with Crippen molar-refractivity contribution in [2.24, 2.45) is 0 Å². The maximum Gasteiger partial charge on any atom is 0.248 e. The van der Waals surface area contributed by atoms with E-state index in [4.69, 9.17) is 9.47 Å². The van der Waals surface area contributed by atoms with Crippen molar-refractivity contribution in [3.05, 3.63) is 30.1 Å². The molecule has 0 aromatic carbocycles. The highest BCUT2D eigenvalue weighted by molar-refractivity contribution is 5.77. The third-order valence-corrected chi connectivity index (χ3v) is 5.53. The number of amides is 1. The van der Waals surface area contributed by atoms with Crippen LogP contribution in [0.3, 0.4) is 0 Å². The molecule has 4 rings (SSSR count). The summed E-state index contributed by atoms with van der Waals surface area (Å²) in [5, 5.41) is 0. The molecule has 3 aliphatic rings. The number of nitrogens with zero attached hydrogens (tertiary/aromatic N) is 3. The topological polar surface area (TPSA) is 54.9 Å². The lowest BCUT2D eigenvalue weighted by molar-refractivity contribution is -0.200. The van der Waals surface area contributed by atoms with Crippen molar-refractivity contribution < 1.29 is 14.3 Å². The van der Waals surface area contributed by atoms with E-state index in [1.54, 1.807) is 0 Å². The maximum atomic E-state index is 12.1. The molecular weight excluding hydrogens is 318 g/mol. The van der Waals surface area contributed by atoms with Gasteiger partial charge in [0.15, 0.2) is 0 Å². The molecule has 3 aliphatic heterocycles. The molecule has 0 unspecified atom stereocenters. The van der Waals surface area contributed by atoms with E-state index in [9.17, 15) is 4.79 Å². The Hall–Kier alpha value is -1.50. The van der Waals surface area contributed by atoms with E-state index in [1.807, 2.05) is 17.3 Å². The lowest BCUT2D eigenvalue weighted by Crippen LogP contribution is -2.65. The molecule has 0 bridgehead atoms. The zero-order valence-electron chi connectivity index (χ0n) is 14.7. The van der Waals surface area contributed by atoms with Crippen LogP contribution in [0.2, 0.25) is 0 Å². The van der Waals surface area contributed by atoms with Gasteiger partial charge in [0, 0.05) is 58.1 Å². The highest BCUT2D eigenvalue weighted by atomic mass is 16.5. The van der Waals surface area contributed by atoms with Crippen molar-refractivity contribution in [3.63, 3.8) is 0 Å². The van der Waals surface area contributed by atoms with Gasteiger partial charge in [-0.3, -0.25) is 14.7 Å². The van der Waals surface area contributed by atoms with E-state index in [2.05, 4.69) is 22.0 Å². The van der Waals surface area contributed by atoms with Gasteiger partial charge in [-0.05, 0) is 37.0 Å². The molecule has 1 atom stereocenters. The fraction of sp³-hybridized carbons (Fsp3) is 0.684. The van der Waals surface area contributed by atoms with Crippen molar-refractivity contribution in [1.82, 2.24) is 14.8 Å². The van der Waals surface area contributed by atoms with E-state index in [-0.39, 0.29) is 24.2 Å². The highest BCUT2D eigenvalue weighted by Crippen LogP contribution is 2.36. The van der Waals surface area contributed by atoms with Crippen LogP contribution in [0.25, 0.3) is 0 Å². The van der Waals surface area contributed by atoms with E-state index in [0.717, 1.165) is 65.0 Å². The molecule has 0 aliphatic carbocycles. The summed E-state index contributed by atoms with van der Waals surface area (Å²) in [6.45, 7) is 5.55. The van der Waals surface area contributed by atoms with Gasteiger partial charge in [0.1, 0.15) is 6.61 Å². The molecule has 0 radical (unpaired) electrons. The van der Waals surface area contributed by atoms with Gasteiger partial charge in [-0.25, -0.2) is 0 Å². The number of pyridine rings is 1. The Kier molecular flexibility index (Phi) is 5.01. The summed E-state index contributed by atoms with van der Waals surface area (Å²) in [6.07, 6.45) is 7.85. The minimum absolute atomic E-state index is 0.0767. The third-order valence-electron chi connectivity index (χ3n) is 5.53. The first kappa shape index (κ1) is 16.9. The zero-order valence-corrected chi connectivity index (χ0v) is 14.7. The number of likely N-dealkylation sites (tertiary alicyclic amines) is 2. The Labute approximate surface area is 149 Å². The first-order valence-electron chi connectivity index (χ1n) is 9.37. The van der Waals surface area contributed by atoms with Crippen LogP contribution in [0.15, 0.2) is 24.5 Å². The first-order valence-corrected chi connectivity index (χ1v) is 9.37. The molecule has 0 N–H and O–H groups in total. The van der Waals surface area contributed by atoms with Crippen LogP contribution in [0.1, 0.15) is 31.2 Å². The molecule has 4 heterocycles. The first-order chi connectivity index (χ1) is 12.2. The molecule has 136 valence electrons. The zero-order chi connectivity index (χ0) is 17.1. The van der Waals surface area contributed by atoms with Crippen molar-refractivity contribution in [1.29, 1.82) is 0 Å². The molecule has 3 fully saturated rings. The largest absolute Gasteiger partial charge is 0.372 e. The van der Waals surface area contributed by atoms with E-state index in [0.29, 0.717) is 0 Å². The number of rotatable bonds is 5. The summed E-state index contributed by atoms with van der Waals surface area (Å²) in [5.41, 5.74) is 1.21. The molecule has 1 aromatic heterocycles. The van der Waals surface area contributed by atoms with Gasteiger partial charge in [-0.1, -0.05) is 0 Å². The van der Waals surface area contributed by atoms with E-state index in [1.165, 1.54) is 5.56 Å². The molecular formula is C19H27N3O3. The van der Waals surface area contributed by atoms with Gasteiger partial charge in [-0.2, -0.15) is 0 Å². The minimum atomic E-state index is -0.0767. The second-order valence-corrected chi connectivity index (χ2v) is 7.55. The number of aromatic nitrogens is 1. The van der Waals surface area contributed by atoms with E-state index < -0.39 is 0 Å². The smallest absolute Gasteiger partial charge is 0.248 e. The average Bonchev–Trinajstić information content (AvgIpc) is 3.14. The fourth-order valence-electron chi connectivity index (χ4n) is 4.22. The van der Waals surface area contributed by atoms with Crippen molar-refractivity contribution >= 4 is 5.91 Å². The molecule has 0 saturated carbocycles. The van der Waals surface area contributed by atoms with Crippen molar-refractivity contribution in [2.75, 3.05) is 39.4 Å². The molecule has 3 saturated heterocycles. The van der Waals surface area contributed by atoms with Gasteiger partial charge in [0.05, 0.1) is 11.7 Å². The molecule has 1 aromatic rings. The van der Waals surface area contributed by atoms with Gasteiger partial charge in [0.2, 0.25) is 5.91 Å². The van der Waals surface area contributed by atoms with Crippen LogP contribution in [0.4, 0.5) is 0 Å². The SMILES string of the molecule is O=C(CO[C@@H]1CCOC2(C1)CN(Cc1ccncc1)C2)N1CCCC1. The van der Waals surface area contributed by atoms with Crippen molar-refractivity contribution in [3.8, 4) is 0 Å². The van der Waals surface area contributed by atoms with Gasteiger partial charge < -0.3 is 14.4 Å². The number of hydrogen-bond donors (Lipinski definition) is 0. The lowest BCUT2D eigenvalue weighted by atomic mass is 9.84. The molecule has 1 spiro atoms. The monoisotopic (exact) mass is 345 g/mol. The Morgan fingerprint density at radius 3 is 2.80 bits per heavy atom. The highest BCUT2D eigenvalue weighted by Gasteiger charge is 2.47. The molecule has 25 heavy (non-hydrogen) atoms. The fourth-order valence-corrected chi connectivity index (χ4v) is 4.22. The molecule has 6 nitrogen and oxygen atoms in total. The number of hydrogen-bond acceptors (Lipinski definition) is 5. The van der Waals surface area contributed by atoms with Crippen molar-refractivity contribution in [2.45, 2.75) is 43.9 Å². The van der Waals surface area contributed by atoms with Crippen LogP contribution >= 0.6 is 0 Å². The maximum absolute atomic E-state index is 12.1. The Bertz CT molecular complexity index is 583. The number of carbonyl (C=O) groups is 1. The minimum Gasteiger partial charge on any atom is -0.372 e. The summed E-state index contributed by atoms with van der Waals surface area (Å²) in [6, 6.07) is 4.12. The van der Waals surface area contributed by atoms with Crippen LogP contribution in [-0.2, 0) is 20.8 Å². The second kappa shape index (κ2) is 7.40. The third kappa shape index (κ3) is 4.02. The van der Waals surface area contributed by atoms with Gasteiger partial charge in [-0.15, -0.1) is 0 Å². The Balaban J connectivity index is 1.22. The van der Waals surface area contributed by atoms with Crippen LogP contribution in [0.5, 0.6) is 0 Å². The summed E-state index contributed by atoms with van der Waals surface area (Å²) < 4.78 is 12.0. The standard InChI is InChI=1S/C19H27N3O3/c23-18(22-8-1-2-9-22)13-24-17-5-10-25-19(11-17)14-21(15-19)12-16-3-6-20-7-4-16/h3-4,6-7,17H,1-2,5,8-15H2/t17-/m1/s1. The predicted octanol–water partition coefficient (Wildman–Crippen LogP) is 1.45. The predicted molar refractivity (Wildman–Crippen MR) is 93.0 cm³/mol. The number of carbonyl (C=O) groups excluding carboxylic acids is 1. The molecule has 1 amide bonds. The van der Waals surface area contributed by atoms with Gasteiger partial charge in [0.25, 0.3) is 0 Å². The molecule has 6 heteroatoms. The Morgan fingerprint density at radius 1 is 1.28 bits per heavy atom. The summed E-state index contributed by atoms with van der Waals surface area (Å²) in [5.74, 6) is 0.144.